The van der Waals surface area contributed by atoms with E-state index in [1.807, 2.05) is 13.8 Å². The third-order valence-corrected chi connectivity index (χ3v) is 2.96. The quantitative estimate of drug-likeness (QED) is 0.794. The molecule has 0 saturated heterocycles. The summed E-state index contributed by atoms with van der Waals surface area (Å²) >= 11 is 0. The Morgan fingerprint density at radius 1 is 1.38 bits per heavy atom. The van der Waals surface area contributed by atoms with Crippen molar-refractivity contribution in [2.45, 2.75) is 45.6 Å². The minimum absolute atomic E-state index is 0.556. The Morgan fingerprint density at radius 3 is 2.81 bits per heavy atom. The van der Waals surface area contributed by atoms with E-state index >= 15 is 0 Å². The average Bonchev–Trinajstić information content (AvgIpc) is 2.76. The fourth-order valence-electron chi connectivity index (χ4n) is 2.12. The van der Waals surface area contributed by atoms with E-state index in [-0.39, 0.29) is 0 Å². The van der Waals surface area contributed by atoms with Crippen LogP contribution < -0.4 is 5.32 Å². The molecule has 0 spiro atoms. The zero-order valence-electron chi connectivity index (χ0n) is 9.90. The predicted octanol–water partition coefficient (Wildman–Crippen LogP) is 2.86. The second-order valence-electron chi connectivity index (χ2n) is 4.17. The van der Waals surface area contributed by atoms with Crippen molar-refractivity contribution in [3.05, 3.63) is 12.0 Å². The molecule has 1 N–H and O–H groups in total. The summed E-state index contributed by atoms with van der Waals surface area (Å²) in [6.07, 6.45) is 8.48. The van der Waals surface area contributed by atoms with Crippen LogP contribution in [0.15, 0.2) is 11.3 Å². The van der Waals surface area contributed by atoms with E-state index in [0.717, 1.165) is 17.2 Å². The van der Waals surface area contributed by atoms with Crippen molar-refractivity contribution in [3.8, 4) is 0 Å². The fourth-order valence-corrected chi connectivity index (χ4v) is 2.12. The number of hydrogen-bond acceptors (Lipinski definition) is 4. The first kappa shape index (κ1) is 11.0. The molecular weight excluding hydrogens is 200 g/mol. The van der Waals surface area contributed by atoms with Crippen molar-refractivity contribution in [2.75, 3.05) is 5.32 Å². The lowest BCUT2D eigenvalue weighted by molar-refractivity contribution is 0.749. The molecule has 1 saturated carbocycles. The minimum Gasteiger partial charge on any atom is -0.365 e. The Bertz CT molecular complexity index is 381. The molecule has 86 valence electrons. The Balaban J connectivity index is 2.21. The van der Waals surface area contributed by atoms with Crippen LogP contribution in [0.4, 0.5) is 11.5 Å². The van der Waals surface area contributed by atoms with Crippen molar-refractivity contribution in [1.82, 2.24) is 9.97 Å². The molecule has 0 atom stereocenters. The molecule has 1 aromatic rings. The predicted molar refractivity (Wildman–Crippen MR) is 66.5 cm³/mol. The molecule has 0 aromatic carbocycles. The van der Waals surface area contributed by atoms with Gasteiger partial charge in [-0.2, -0.15) is 0 Å². The van der Waals surface area contributed by atoms with Crippen molar-refractivity contribution in [2.24, 2.45) is 4.99 Å². The summed E-state index contributed by atoms with van der Waals surface area (Å²) in [5, 5.41) is 3.47. The maximum Gasteiger partial charge on any atom is 0.155 e. The molecule has 4 heteroatoms. The third-order valence-electron chi connectivity index (χ3n) is 2.96. The summed E-state index contributed by atoms with van der Waals surface area (Å²) in [6, 6.07) is 0.556. The molecule has 4 nitrogen and oxygen atoms in total. The van der Waals surface area contributed by atoms with Crippen LogP contribution in [0.1, 0.15) is 38.3 Å². The van der Waals surface area contributed by atoms with Crippen molar-refractivity contribution in [3.63, 3.8) is 0 Å². The summed E-state index contributed by atoms with van der Waals surface area (Å²) in [5.41, 5.74) is 1.80. The molecule has 0 unspecified atom stereocenters. The zero-order chi connectivity index (χ0) is 11.4. The van der Waals surface area contributed by atoms with Crippen molar-refractivity contribution < 1.29 is 0 Å². The first-order valence-corrected chi connectivity index (χ1v) is 5.88. The van der Waals surface area contributed by atoms with E-state index < -0.39 is 0 Å². The van der Waals surface area contributed by atoms with Crippen LogP contribution >= 0.6 is 0 Å². The summed E-state index contributed by atoms with van der Waals surface area (Å²) in [5.74, 6) is 0.873. The summed E-state index contributed by atoms with van der Waals surface area (Å²) < 4.78 is 0. The van der Waals surface area contributed by atoms with Crippen LogP contribution in [-0.4, -0.2) is 22.2 Å². The maximum absolute atomic E-state index is 4.34. The second-order valence-corrected chi connectivity index (χ2v) is 4.17. The van der Waals surface area contributed by atoms with Gasteiger partial charge in [0.05, 0.1) is 5.69 Å². The normalized spacial score (nSPS) is 17.1. The zero-order valence-corrected chi connectivity index (χ0v) is 9.90. The Kier molecular flexibility index (Phi) is 3.49. The standard InChI is InChI=1S/C12H18N4/c1-3-13-11-9(2)14-8-15-12(11)16-10-6-4-5-7-10/h3,8,10H,4-7H2,1-2H3,(H,14,15,16). The third kappa shape index (κ3) is 2.38. The number of hydrogen-bond donors (Lipinski definition) is 1. The number of rotatable bonds is 3. The number of aliphatic imine (C=N–C) groups is 1. The first-order chi connectivity index (χ1) is 7.81. The lowest BCUT2D eigenvalue weighted by Crippen LogP contribution is -2.16. The summed E-state index contributed by atoms with van der Waals surface area (Å²) in [7, 11) is 0. The van der Waals surface area contributed by atoms with Crippen LogP contribution in [0.3, 0.4) is 0 Å². The van der Waals surface area contributed by atoms with Gasteiger partial charge >= 0.3 is 0 Å². The minimum atomic E-state index is 0.556. The summed E-state index contributed by atoms with van der Waals surface area (Å²) in [4.78, 5) is 12.8. The van der Waals surface area contributed by atoms with E-state index in [4.69, 9.17) is 0 Å². The second kappa shape index (κ2) is 5.05. The number of aromatic nitrogens is 2. The van der Waals surface area contributed by atoms with Gasteiger partial charge in [0.1, 0.15) is 12.0 Å². The van der Waals surface area contributed by atoms with Crippen molar-refractivity contribution >= 4 is 17.7 Å². The molecule has 1 heterocycles. The molecule has 0 radical (unpaired) electrons. The van der Waals surface area contributed by atoms with Gasteiger partial charge in [-0.05, 0) is 26.7 Å². The molecule has 2 rings (SSSR count). The topological polar surface area (TPSA) is 50.2 Å². The average molecular weight is 218 g/mol. The smallest absolute Gasteiger partial charge is 0.155 e. The van der Waals surface area contributed by atoms with Crippen LogP contribution in [0.25, 0.3) is 0 Å². The van der Waals surface area contributed by atoms with E-state index in [0.29, 0.717) is 6.04 Å². The molecular formula is C12H18N4. The van der Waals surface area contributed by atoms with Gasteiger partial charge in [-0.3, -0.25) is 4.99 Å². The lowest BCUT2D eigenvalue weighted by atomic mass is 10.2. The number of nitrogens with zero attached hydrogens (tertiary/aromatic N) is 3. The molecule has 0 aliphatic heterocycles. The van der Waals surface area contributed by atoms with Gasteiger partial charge in [-0.15, -0.1) is 0 Å². The number of anilines is 1. The Labute approximate surface area is 96.2 Å². The highest BCUT2D eigenvalue weighted by Gasteiger charge is 2.17. The Morgan fingerprint density at radius 2 is 2.12 bits per heavy atom. The highest BCUT2D eigenvalue weighted by molar-refractivity contribution is 5.70. The molecule has 16 heavy (non-hydrogen) atoms. The van der Waals surface area contributed by atoms with E-state index in [2.05, 4.69) is 20.3 Å². The van der Waals surface area contributed by atoms with Gasteiger partial charge in [0.2, 0.25) is 0 Å². The monoisotopic (exact) mass is 218 g/mol. The van der Waals surface area contributed by atoms with E-state index in [1.54, 1.807) is 12.5 Å². The van der Waals surface area contributed by atoms with Gasteiger partial charge in [-0.1, -0.05) is 12.8 Å². The molecule has 1 aliphatic carbocycles. The largest absolute Gasteiger partial charge is 0.365 e. The van der Waals surface area contributed by atoms with Crippen LogP contribution in [0.2, 0.25) is 0 Å². The van der Waals surface area contributed by atoms with Gasteiger partial charge in [-0.25, -0.2) is 9.97 Å². The Hall–Kier alpha value is -1.45. The van der Waals surface area contributed by atoms with Gasteiger partial charge in [0.15, 0.2) is 5.82 Å². The highest BCUT2D eigenvalue weighted by Crippen LogP contribution is 2.28. The molecule has 1 aliphatic rings. The molecule has 0 bridgehead atoms. The molecule has 1 aromatic heterocycles. The highest BCUT2D eigenvalue weighted by atomic mass is 15.1. The van der Waals surface area contributed by atoms with Gasteiger partial charge < -0.3 is 5.32 Å². The van der Waals surface area contributed by atoms with Crippen molar-refractivity contribution in [1.29, 1.82) is 0 Å². The number of aryl methyl sites for hydroxylation is 1. The van der Waals surface area contributed by atoms with Crippen LogP contribution in [0.5, 0.6) is 0 Å². The SMILES string of the molecule is CC=Nc1c(C)ncnc1NC1CCCC1. The van der Waals surface area contributed by atoms with E-state index in [1.165, 1.54) is 25.7 Å². The van der Waals surface area contributed by atoms with Crippen LogP contribution in [0, 0.1) is 6.92 Å². The van der Waals surface area contributed by atoms with E-state index in [9.17, 15) is 0 Å². The van der Waals surface area contributed by atoms with Gasteiger partial charge in [0, 0.05) is 12.3 Å². The lowest BCUT2D eigenvalue weighted by Gasteiger charge is -2.14. The molecule has 0 amide bonds. The number of nitrogens with one attached hydrogen (secondary N) is 1. The fraction of sp³-hybridized carbons (Fsp3) is 0.583. The summed E-state index contributed by atoms with van der Waals surface area (Å²) in [6.45, 7) is 3.87. The van der Waals surface area contributed by atoms with Gasteiger partial charge in [0.25, 0.3) is 0 Å². The first-order valence-electron chi connectivity index (χ1n) is 5.88. The van der Waals surface area contributed by atoms with Crippen LogP contribution in [-0.2, 0) is 0 Å². The maximum atomic E-state index is 4.34. The molecule has 1 fully saturated rings.